The van der Waals surface area contributed by atoms with Gasteiger partial charge in [-0.05, 0) is 19.3 Å². The van der Waals surface area contributed by atoms with Crippen LogP contribution in [0.1, 0.15) is 58.3 Å². The van der Waals surface area contributed by atoms with Crippen LogP contribution in [0, 0.1) is 5.92 Å². The van der Waals surface area contributed by atoms with Crippen molar-refractivity contribution in [1.82, 2.24) is 0 Å². The minimum Gasteiger partial charge on any atom is -0.465 e. The largest absolute Gasteiger partial charge is 0.465 e. The van der Waals surface area contributed by atoms with Crippen LogP contribution < -0.4 is 5.73 Å². The lowest BCUT2D eigenvalue weighted by Crippen LogP contribution is -2.35. The second kappa shape index (κ2) is 7.66. The van der Waals surface area contributed by atoms with E-state index in [-0.39, 0.29) is 17.9 Å². The van der Waals surface area contributed by atoms with Crippen LogP contribution in [0.2, 0.25) is 0 Å². The molecule has 3 heteroatoms. The van der Waals surface area contributed by atoms with Crippen LogP contribution in [0.4, 0.5) is 0 Å². The Morgan fingerprint density at radius 3 is 2.75 bits per heavy atom. The van der Waals surface area contributed by atoms with Crippen LogP contribution in [0.5, 0.6) is 0 Å². The summed E-state index contributed by atoms with van der Waals surface area (Å²) in [6.07, 6.45) is 8.60. The first kappa shape index (κ1) is 13.5. The molecule has 0 aliphatic heterocycles. The zero-order valence-corrected chi connectivity index (χ0v) is 10.4. The van der Waals surface area contributed by atoms with Crippen molar-refractivity contribution < 1.29 is 9.53 Å². The lowest BCUT2D eigenvalue weighted by Gasteiger charge is -2.19. The van der Waals surface area contributed by atoms with Gasteiger partial charge < -0.3 is 10.5 Å². The minimum atomic E-state index is -0.0643. The highest BCUT2D eigenvalue weighted by Crippen LogP contribution is 2.23. The lowest BCUT2D eigenvalue weighted by molar-refractivity contribution is -0.149. The van der Waals surface area contributed by atoms with Gasteiger partial charge in [0.05, 0.1) is 12.5 Å². The van der Waals surface area contributed by atoms with Gasteiger partial charge >= 0.3 is 5.97 Å². The fraction of sp³-hybridized carbons (Fsp3) is 0.923. The molecule has 0 saturated heterocycles. The molecular weight excluding hydrogens is 202 g/mol. The predicted molar refractivity (Wildman–Crippen MR) is 65.0 cm³/mol. The molecule has 1 rings (SSSR count). The van der Waals surface area contributed by atoms with E-state index in [4.69, 9.17) is 10.5 Å². The smallest absolute Gasteiger partial charge is 0.310 e. The van der Waals surface area contributed by atoms with Gasteiger partial charge in [0.25, 0.3) is 0 Å². The second-order valence-corrected chi connectivity index (χ2v) is 4.78. The van der Waals surface area contributed by atoms with Gasteiger partial charge in [-0.1, -0.05) is 39.0 Å². The number of rotatable bonds is 5. The van der Waals surface area contributed by atoms with Crippen LogP contribution in [0.3, 0.4) is 0 Å². The highest BCUT2D eigenvalue weighted by molar-refractivity contribution is 5.73. The van der Waals surface area contributed by atoms with E-state index in [0.29, 0.717) is 6.61 Å². The van der Waals surface area contributed by atoms with Gasteiger partial charge in [0.15, 0.2) is 0 Å². The summed E-state index contributed by atoms with van der Waals surface area (Å²) in [5.41, 5.74) is 6.01. The Bertz CT molecular complexity index is 206. The van der Waals surface area contributed by atoms with E-state index < -0.39 is 0 Å². The fourth-order valence-corrected chi connectivity index (χ4v) is 2.26. The topological polar surface area (TPSA) is 52.3 Å². The zero-order valence-electron chi connectivity index (χ0n) is 10.4. The van der Waals surface area contributed by atoms with Crippen LogP contribution in [-0.4, -0.2) is 18.6 Å². The maximum absolute atomic E-state index is 11.8. The Balaban J connectivity index is 2.27. The Kier molecular flexibility index (Phi) is 6.46. The van der Waals surface area contributed by atoms with Crippen molar-refractivity contribution in [3.05, 3.63) is 0 Å². The van der Waals surface area contributed by atoms with Gasteiger partial charge in [-0.2, -0.15) is 0 Å². The van der Waals surface area contributed by atoms with Gasteiger partial charge in [0, 0.05) is 6.04 Å². The molecule has 0 spiro atoms. The molecule has 0 aromatic heterocycles. The molecule has 1 fully saturated rings. The predicted octanol–water partition coefficient (Wildman–Crippen LogP) is 2.63. The van der Waals surface area contributed by atoms with Gasteiger partial charge in [0.2, 0.25) is 0 Å². The number of carbonyl (C=O) groups excluding carboxylic acids is 1. The van der Waals surface area contributed by atoms with Crippen LogP contribution in [0.15, 0.2) is 0 Å². The van der Waals surface area contributed by atoms with Gasteiger partial charge in [-0.15, -0.1) is 0 Å². The monoisotopic (exact) mass is 227 g/mol. The molecule has 1 aliphatic rings. The van der Waals surface area contributed by atoms with Crippen LogP contribution >= 0.6 is 0 Å². The van der Waals surface area contributed by atoms with E-state index in [9.17, 15) is 4.79 Å². The third-order valence-corrected chi connectivity index (χ3v) is 3.36. The van der Waals surface area contributed by atoms with Crippen molar-refractivity contribution in [3.8, 4) is 0 Å². The van der Waals surface area contributed by atoms with Crippen LogP contribution in [-0.2, 0) is 9.53 Å². The molecular formula is C13H25NO2. The first-order valence-corrected chi connectivity index (χ1v) is 6.68. The van der Waals surface area contributed by atoms with Crippen molar-refractivity contribution in [2.45, 2.75) is 64.3 Å². The van der Waals surface area contributed by atoms with Gasteiger partial charge in [-0.25, -0.2) is 0 Å². The average Bonchev–Trinajstić information content (AvgIpc) is 2.49. The summed E-state index contributed by atoms with van der Waals surface area (Å²) in [6.45, 7) is 2.71. The summed E-state index contributed by atoms with van der Waals surface area (Å²) in [4.78, 5) is 11.8. The third kappa shape index (κ3) is 4.52. The highest BCUT2D eigenvalue weighted by atomic mass is 16.5. The lowest BCUT2D eigenvalue weighted by atomic mass is 9.96. The minimum absolute atomic E-state index is 0.0150. The molecule has 2 atom stereocenters. The maximum Gasteiger partial charge on any atom is 0.310 e. The number of ether oxygens (including phenoxy) is 1. The van der Waals surface area contributed by atoms with Crippen molar-refractivity contribution in [1.29, 1.82) is 0 Å². The molecule has 0 amide bonds. The molecule has 2 N–H and O–H groups in total. The van der Waals surface area contributed by atoms with Crippen molar-refractivity contribution in [2.24, 2.45) is 11.7 Å². The number of carbonyl (C=O) groups is 1. The molecule has 1 aliphatic carbocycles. The zero-order chi connectivity index (χ0) is 11.8. The summed E-state index contributed by atoms with van der Waals surface area (Å²) >= 11 is 0. The molecule has 0 heterocycles. The van der Waals surface area contributed by atoms with Crippen LogP contribution in [0.25, 0.3) is 0 Å². The van der Waals surface area contributed by atoms with Gasteiger partial charge in [-0.3, -0.25) is 4.79 Å². The van der Waals surface area contributed by atoms with E-state index >= 15 is 0 Å². The van der Waals surface area contributed by atoms with Crippen molar-refractivity contribution >= 4 is 5.97 Å². The maximum atomic E-state index is 11.8. The SMILES string of the molecule is CCCCCOC(=O)C1CCCCCC1N. The molecule has 0 aromatic carbocycles. The van der Waals surface area contributed by atoms with Crippen molar-refractivity contribution in [3.63, 3.8) is 0 Å². The molecule has 1 saturated carbocycles. The number of hydrogen-bond acceptors (Lipinski definition) is 3. The van der Waals surface area contributed by atoms with E-state index in [0.717, 1.165) is 44.9 Å². The Labute approximate surface area is 98.7 Å². The molecule has 0 radical (unpaired) electrons. The third-order valence-electron chi connectivity index (χ3n) is 3.36. The molecule has 2 unspecified atom stereocenters. The molecule has 0 aromatic rings. The normalized spacial score (nSPS) is 26.1. The number of hydrogen-bond donors (Lipinski definition) is 1. The first-order valence-electron chi connectivity index (χ1n) is 6.68. The first-order chi connectivity index (χ1) is 7.75. The number of nitrogens with two attached hydrogens (primary N) is 1. The summed E-state index contributed by atoms with van der Waals surface area (Å²) in [5.74, 6) is -0.116. The summed E-state index contributed by atoms with van der Waals surface area (Å²) in [5, 5.41) is 0. The number of esters is 1. The molecule has 16 heavy (non-hydrogen) atoms. The summed E-state index contributed by atoms with van der Waals surface area (Å²) < 4.78 is 5.29. The number of unbranched alkanes of at least 4 members (excludes halogenated alkanes) is 2. The fourth-order valence-electron chi connectivity index (χ4n) is 2.26. The van der Waals surface area contributed by atoms with E-state index in [1.807, 2.05) is 0 Å². The summed E-state index contributed by atoms with van der Waals surface area (Å²) in [7, 11) is 0. The highest BCUT2D eigenvalue weighted by Gasteiger charge is 2.28. The van der Waals surface area contributed by atoms with E-state index in [1.165, 1.54) is 6.42 Å². The quantitative estimate of drug-likeness (QED) is 0.446. The van der Waals surface area contributed by atoms with E-state index in [1.54, 1.807) is 0 Å². The second-order valence-electron chi connectivity index (χ2n) is 4.78. The molecule has 0 bridgehead atoms. The van der Waals surface area contributed by atoms with E-state index in [2.05, 4.69) is 6.92 Å². The van der Waals surface area contributed by atoms with Gasteiger partial charge in [0.1, 0.15) is 0 Å². The molecule has 3 nitrogen and oxygen atoms in total. The standard InChI is InChI=1S/C13H25NO2/c1-2-3-7-10-16-13(15)11-8-5-4-6-9-12(11)14/h11-12H,2-10,14H2,1H3. The molecule has 94 valence electrons. The Morgan fingerprint density at radius 1 is 1.25 bits per heavy atom. The van der Waals surface area contributed by atoms with Crippen molar-refractivity contribution in [2.75, 3.05) is 6.61 Å². The summed E-state index contributed by atoms with van der Waals surface area (Å²) in [6, 6.07) is 0.0150. The Morgan fingerprint density at radius 2 is 2.00 bits per heavy atom. The Hall–Kier alpha value is -0.570. The average molecular weight is 227 g/mol.